The van der Waals surface area contributed by atoms with E-state index in [1.165, 1.54) is 0 Å². The zero-order chi connectivity index (χ0) is 35.2. The molecule has 7 nitrogen and oxygen atoms in total. The fourth-order valence-electron chi connectivity index (χ4n) is 11.6. The summed E-state index contributed by atoms with van der Waals surface area (Å²) in [6.07, 6.45) is 12.4. The molecule has 1 unspecified atom stereocenters. The molecule has 0 heterocycles. The number of carbonyl (C=O) groups excluding carboxylic acids is 1. The van der Waals surface area contributed by atoms with E-state index in [2.05, 4.69) is 37.0 Å². The molecule has 3 saturated carbocycles. The highest BCUT2D eigenvalue weighted by atomic mass is 16.5. The Balaban J connectivity index is 1.18. The lowest BCUT2D eigenvalue weighted by molar-refractivity contribution is -0.177. The van der Waals surface area contributed by atoms with E-state index in [-0.39, 0.29) is 41.2 Å². The summed E-state index contributed by atoms with van der Waals surface area (Å²) in [6.45, 7) is 7.51. The van der Waals surface area contributed by atoms with Gasteiger partial charge < -0.3 is 24.8 Å². The number of ketones is 1. The quantitative estimate of drug-likeness (QED) is 0.121. The highest BCUT2D eigenvalue weighted by Crippen LogP contribution is 2.78. The van der Waals surface area contributed by atoms with Crippen LogP contribution in [0.4, 0.5) is 0 Å². The molecule has 50 heavy (non-hydrogen) atoms. The summed E-state index contributed by atoms with van der Waals surface area (Å²) in [4.78, 5) is 16.9. The highest BCUT2D eigenvalue weighted by Gasteiger charge is 2.74. The Labute approximate surface area is 298 Å². The van der Waals surface area contributed by atoms with Gasteiger partial charge in [0.15, 0.2) is 5.78 Å². The molecule has 7 heteroatoms. The van der Waals surface area contributed by atoms with Crippen molar-refractivity contribution >= 4 is 5.78 Å². The van der Waals surface area contributed by atoms with Gasteiger partial charge in [0.25, 0.3) is 0 Å². The summed E-state index contributed by atoms with van der Waals surface area (Å²) in [7, 11) is 1.70. The molecule has 3 N–H and O–H groups in total. The number of fused-ring (bicyclic) bond motifs is 1. The number of rotatable bonds is 14. The maximum absolute atomic E-state index is 14.7. The number of hydrogen-bond donors (Lipinski definition) is 3. The van der Waals surface area contributed by atoms with Crippen LogP contribution in [0.15, 0.2) is 84.5 Å². The van der Waals surface area contributed by atoms with Crippen LogP contribution in [-0.4, -0.2) is 83.8 Å². The van der Waals surface area contributed by atoms with Gasteiger partial charge in [0.05, 0.1) is 31.0 Å². The molecule has 6 aliphatic rings. The lowest BCUT2D eigenvalue weighted by Crippen LogP contribution is -2.67. The van der Waals surface area contributed by atoms with Gasteiger partial charge in [-0.15, -0.1) is 0 Å². The lowest BCUT2D eigenvalue weighted by atomic mass is 9.32. The van der Waals surface area contributed by atoms with Crippen molar-refractivity contribution < 1.29 is 29.6 Å². The van der Waals surface area contributed by atoms with Crippen molar-refractivity contribution in [3.05, 3.63) is 95.6 Å². The van der Waals surface area contributed by atoms with Crippen LogP contribution in [0.1, 0.15) is 81.1 Å². The van der Waals surface area contributed by atoms with E-state index in [1.54, 1.807) is 7.11 Å². The van der Waals surface area contributed by atoms with Crippen molar-refractivity contribution in [3.63, 3.8) is 0 Å². The summed E-state index contributed by atoms with van der Waals surface area (Å²) in [5, 5.41) is 35.1. The van der Waals surface area contributed by atoms with Gasteiger partial charge in [-0.25, -0.2) is 0 Å². The van der Waals surface area contributed by atoms with E-state index in [9.17, 15) is 20.1 Å². The first-order chi connectivity index (χ1) is 24.0. The summed E-state index contributed by atoms with van der Waals surface area (Å²) in [5.41, 5.74) is 0.297. The Bertz CT molecular complexity index is 1580. The molecule has 0 saturated heterocycles. The predicted octanol–water partition coefficient (Wildman–Crippen LogP) is 6.38. The van der Waals surface area contributed by atoms with Crippen LogP contribution in [0.3, 0.4) is 0 Å². The van der Waals surface area contributed by atoms with Crippen LogP contribution in [0.2, 0.25) is 0 Å². The van der Waals surface area contributed by atoms with Crippen LogP contribution >= 0.6 is 0 Å². The molecule has 0 amide bonds. The third-order valence-corrected chi connectivity index (χ3v) is 14.2. The molecule has 2 bridgehead atoms. The van der Waals surface area contributed by atoms with Gasteiger partial charge in [-0.3, -0.25) is 9.69 Å². The minimum atomic E-state index is -1.00. The van der Waals surface area contributed by atoms with Crippen molar-refractivity contribution in [3.8, 4) is 0 Å². The SMILES string of the molecule is COCCCN(C[C@@H](O)COCc1ccccc1)C[C@]1(O)CC[C@H]2[C@]34C=C[C@@]5(C=C3C(=O)c3ccccc3)CC(O)CC[C@]5(C)[C@H]4CC[C@@]21C. The monoisotopic (exact) mass is 683 g/mol. The van der Waals surface area contributed by atoms with Gasteiger partial charge in [0.2, 0.25) is 0 Å². The van der Waals surface area contributed by atoms with Crippen molar-refractivity contribution in [1.82, 2.24) is 4.90 Å². The maximum atomic E-state index is 14.7. The second-order valence-electron chi connectivity index (χ2n) is 16.7. The number of benzene rings is 2. The molecule has 2 aromatic carbocycles. The Kier molecular flexibility index (Phi) is 9.81. The first kappa shape index (κ1) is 35.7. The number of ether oxygens (including phenoxy) is 2. The summed E-state index contributed by atoms with van der Waals surface area (Å²) in [5.74, 6) is 0.416. The van der Waals surface area contributed by atoms with E-state index in [4.69, 9.17) is 9.47 Å². The second kappa shape index (κ2) is 13.7. The fraction of sp³-hybridized carbons (Fsp3) is 0.605. The molecule has 270 valence electrons. The van der Waals surface area contributed by atoms with E-state index in [1.807, 2.05) is 60.7 Å². The third-order valence-electron chi connectivity index (χ3n) is 14.2. The first-order valence-corrected chi connectivity index (χ1v) is 19.0. The molecule has 0 aromatic heterocycles. The predicted molar refractivity (Wildman–Crippen MR) is 194 cm³/mol. The largest absolute Gasteiger partial charge is 0.393 e. The van der Waals surface area contributed by atoms with Crippen LogP contribution in [0.5, 0.6) is 0 Å². The molecule has 2 aromatic rings. The average molecular weight is 684 g/mol. The van der Waals surface area contributed by atoms with Crippen molar-refractivity contribution in [1.29, 1.82) is 0 Å². The van der Waals surface area contributed by atoms with Crippen molar-refractivity contribution in [2.24, 2.45) is 33.5 Å². The molecule has 6 aliphatic carbocycles. The minimum absolute atomic E-state index is 0.0699. The number of hydrogen-bond acceptors (Lipinski definition) is 7. The molecular formula is C43H57NO6. The fourth-order valence-corrected chi connectivity index (χ4v) is 11.6. The van der Waals surface area contributed by atoms with Crippen LogP contribution < -0.4 is 0 Å². The van der Waals surface area contributed by atoms with Gasteiger partial charge in [0, 0.05) is 60.7 Å². The first-order valence-electron chi connectivity index (χ1n) is 19.0. The second-order valence-corrected chi connectivity index (χ2v) is 16.7. The van der Waals surface area contributed by atoms with Crippen molar-refractivity contribution in [2.45, 2.75) is 89.6 Å². The van der Waals surface area contributed by atoms with E-state index >= 15 is 0 Å². The Hall–Kier alpha value is -2.65. The van der Waals surface area contributed by atoms with Gasteiger partial charge in [0.1, 0.15) is 0 Å². The topological polar surface area (TPSA) is 99.5 Å². The molecule has 0 radical (unpaired) electrons. The van der Waals surface area contributed by atoms with Crippen LogP contribution in [0.25, 0.3) is 0 Å². The zero-order valence-electron chi connectivity index (χ0n) is 30.2. The Morgan fingerprint density at radius 2 is 1.62 bits per heavy atom. The lowest BCUT2D eigenvalue weighted by Gasteiger charge is -2.71. The van der Waals surface area contributed by atoms with Crippen LogP contribution in [0, 0.1) is 33.5 Å². The molecule has 9 atom stereocenters. The third kappa shape index (κ3) is 5.77. The molecule has 8 rings (SSSR count). The number of methoxy groups -OCH3 is 1. The van der Waals surface area contributed by atoms with Gasteiger partial charge >= 0.3 is 0 Å². The van der Waals surface area contributed by atoms with E-state index in [0.717, 1.165) is 49.7 Å². The number of nitrogens with zero attached hydrogens (tertiary/aromatic N) is 1. The number of carbonyl (C=O) groups is 1. The minimum Gasteiger partial charge on any atom is -0.393 e. The molecule has 0 aliphatic heterocycles. The number of aliphatic hydroxyl groups is 3. The van der Waals surface area contributed by atoms with Crippen LogP contribution in [-0.2, 0) is 16.1 Å². The smallest absolute Gasteiger partial charge is 0.189 e. The van der Waals surface area contributed by atoms with E-state index < -0.39 is 22.5 Å². The van der Waals surface area contributed by atoms with Crippen molar-refractivity contribution in [2.75, 3.05) is 40.0 Å². The summed E-state index contributed by atoms with van der Waals surface area (Å²) >= 11 is 0. The number of allylic oxidation sites excluding steroid dienone is 4. The average Bonchev–Trinajstić information content (AvgIpc) is 3.38. The Morgan fingerprint density at radius 1 is 0.940 bits per heavy atom. The zero-order valence-corrected chi connectivity index (χ0v) is 30.2. The number of Topliss-reactive ketones (excluding diaryl/α,β-unsaturated/α-hetero) is 1. The van der Waals surface area contributed by atoms with Gasteiger partial charge in [-0.2, -0.15) is 0 Å². The molecule has 2 spiro atoms. The maximum Gasteiger partial charge on any atom is 0.189 e. The normalized spacial score (nSPS) is 37.6. The Morgan fingerprint density at radius 3 is 2.36 bits per heavy atom. The molecule has 3 fully saturated rings. The number of aliphatic hydroxyl groups excluding tert-OH is 2. The highest BCUT2D eigenvalue weighted by molar-refractivity contribution is 6.10. The summed E-state index contributed by atoms with van der Waals surface area (Å²) < 4.78 is 11.3. The standard InChI is InChI=1S/C43H57NO6/c1-39-18-15-33(45)25-41(39)21-22-43(35(26-41)38(47)32-13-8-5-9-14-32)36(39)16-19-40(2)37(43)17-20-42(40,48)30-44(23-10-24-49-3)27-34(46)29-50-28-31-11-6-4-7-12-31/h4-9,11-14,21-22,26,33-34,36-37,45-46,48H,10,15-20,23-25,27-30H2,1-3H3/t33?,34-,36-,37-,39-,40+,41+,42-,43-/m1/s1. The molecular weight excluding hydrogens is 626 g/mol. The van der Waals surface area contributed by atoms with E-state index in [0.29, 0.717) is 51.3 Å². The van der Waals surface area contributed by atoms with Gasteiger partial charge in [-0.1, -0.05) is 92.7 Å². The van der Waals surface area contributed by atoms with Gasteiger partial charge in [-0.05, 0) is 74.2 Å². The summed E-state index contributed by atoms with van der Waals surface area (Å²) in [6, 6.07) is 19.7.